The van der Waals surface area contributed by atoms with Crippen LogP contribution in [-0.2, 0) is 0 Å². The molecule has 18 heavy (non-hydrogen) atoms. The molecule has 0 aromatic carbocycles. The lowest BCUT2D eigenvalue weighted by Gasteiger charge is -2.15. The van der Waals surface area contributed by atoms with Gasteiger partial charge >= 0.3 is 0 Å². The molecule has 7 heteroatoms. The summed E-state index contributed by atoms with van der Waals surface area (Å²) >= 11 is 3.29. The Morgan fingerprint density at radius 1 is 1.50 bits per heavy atom. The van der Waals surface area contributed by atoms with Crippen molar-refractivity contribution in [2.45, 2.75) is 18.9 Å². The van der Waals surface area contributed by atoms with E-state index in [1.165, 1.54) is 12.8 Å². The highest BCUT2D eigenvalue weighted by molar-refractivity contribution is 9.10. The van der Waals surface area contributed by atoms with Crippen molar-refractivity contribution in [2.75, 3.05) is 6.54 Å². The van der Waals surface area contributed by atoms with Gasteiger partial charge in [-0.05, 0) is 40.8 Å². The normalized spacial score (nSPS) is 15.0. The Bertz CT molecular complexity index is 402. The van der Waals surface area contributed by atoms with Gasteiger partial charge in [0.25, 0.3) is 5.91 Å². The summed E-state index contributed by atoms with van der Waals surface area (Å²) in [6, 6.07) is 1.86. The fourth-order valence-electron chi connectivity index (χ4n) is 1.66. The number of aromatic nitrogens is 1. The first kappa shape index (κ1) is 17.6. The molecule has 1 aliphatic rings. The first-order chi connectivity index (χ1) is 7.70. The molecule has 1 aromatic heterocycles. The molecular formula is C11H16BrCl2N3O. The first-order valence-corrected chi connectivity index (χ1v) is 6.11. The molecule has 2 rings (SSSR count). The molecule has 1 heterocycles. The lowest BCUT2D eigenvalue weighted by atomic mass is 10.1. The van der Waals surface area contributed by atoms with Crippen LogP contribution in [0.25, 0.3) is 0 Å². The van der Waals surface area contributed by atoms with E-state index in [2.05, 4.69) is 26.2 Å². The van der Waals surface area contributed by atoms with Gasteiger partial charge in [0, 0.05) is 29.5 Å². The van der Waals surface area contributed by atoms with Gasteiger partial charge in [0.1, 0.15) is 0 Å². The van der Waals surface area contributed by atoms with Gasteiger partial charge in [-0.2, -0.15) is 0 Å². The average molecular weight is 357 g/mol. The van der Waals surface area contributed by atoms with Crippen LogP contribution in [0.4, 0.5) is 0 Å². The number of carbonyl (C=O) groups is 1. The summed E-state index contributed by atoms with van der Waals surface area (Å²) in [5.74, 6) is 0.463. The summed E-state index contributed by atoms with van der Waals surface area (Å²) in [7, 11) is 0. The lowest BCUT2D eigenvalue weighted by Crippen LogP contribution is -2.41. The molecule has 3 N–H and O–H groups in total. The van der Waals surface area contributed by atoms with E-state index in [9.17, 15) is 4.79 Å². The number of amides is 1. The number of rotatable bonds is 4. The fourth-order valence-corrected chi connectivity index (χ4v) is 2.02. The van der Waals surface area contributed by atoms with E-state index in [0.717, 1.165) is 4.47 Å². The molecule has 0 saturated heterocycles. The van der Waals surface area contributed by atoms with Crippen molar-refractivity contribution in [2.24, 2.45) is 11.7 Å². The third kappa shape index (κ3) is 4.72. The predicted molar refractivity (Wildman–Crippen MR) is 79.5 cm³/mol. The van der Waals surface area contributed by atoms with Crippen LogP contribution in [0.3, 0.4) is 0 Å². The van der Waals surface area contributed by atoms with Crippen molar-refractivity contribution >= 4 is 46.7 Å². The van der Waals surface area contributed by atoms with Crippen LogP contribution in [0.1, 0.15) is 23.2 Å². The molecule has 1 saturated carbocycles. The van der Waals surface area contributed by atoms with Crippen molar-refractivity contribution in [1.82, 2.24) is 10.3 Å². The standard InChI is InChI=1S/C11H14BrN3O.2ClH/c12-9-3-8(5-14-6-9)11(16)15-10(4-13)7-1-2-7;;/h3,5-7,10H,1-2,4,13H2,(H,15,16);2*1H. The second kappa shape index (κ2) is 7.94. The highest BCUT2D eigenvalue weighted by Gasteiger charge is 2.31. The van der Waals surface area contributed by atoms with Crippen molar-refractivity contribution in [1.29, 1.82) is 0 Å². The predicted octanol–water partition coefficient (Wildman–Crippen LogP) is 2.15. The highest BCUT2D eigenvalue weighted by Crippen LogP contribution is 2.32. The summed E-state index contributed by atoms with van der Waals surface area (Å²) < 4.78 is 0.802. The molecule has 0 aliphatic heterocycles. The van der Waals surface area contributed by atoms with Crippen LogP contribution < -0.4 is 11.1 Å². The van der Waals surface area contributed by atoms with E-state index < -0.39 is 0 Å². The van der Waals surface area contributed by atoms with Gasteiger partial charge < -0.3 is 11.1 Å². The quantitative estimate of drug-likeness (QED) is 0.868. The topological polar surface area (TPSA) is 68.0 Å². The zero-order valence-electron chi connectivity index (χ0n) is 9.64. The molecule has 1 atom stereocenters. The van der Waals surface area contributed by atoms with Gasteiger partial charge in [0.2, 0.25) is 0 Å². The molecule has 102 valence electrons. The number of hydrogen-bond donors (Lipinski definition) is 2. The van der Waals surface area contributed by atoms with Gasteiger partial charge in [0.05, 0.1) is 5.56 Å². The molecule has 1 unspecified atom stereocenters. The number of nitrogens with one attached hydrogen (secondary N) is 1. The number of halogens is 3. The molecule has 0 radical (unpaired) electrons. The van der Waals surface area contributed by atoms with Crippen LogP contribution in [0.5, 0.6) is 0 Å². The number of nitrogens with zero attached hydrogens (tertiary/aromatic N) is 1. The summed E-state index contributed by atoms with van der Waals surface area (Å²) in [6.07, 6.45) is 5.54. The van der Waals surface area contributed by atoms with Gasteiger partial charge in [0.15, 0.2) is 0 Å². The Labute approximate surface area is 127 Å². The van der Waals surface area contributed by atoms with E-state index in [1.54, 1.807) is 18.5 Å². The monoisotopic (exact) mass is 355 g/mol. The summed E-state index contributed by atoms with van der Waals surface area (Å²) in [4.78, 5) is 15.8. The zero-order chi connectivity index (χ0) is 11.5. The van der Waals surface area contributed by atoms with Gasteiger partial charge in [-0.25, -0.2) is 0 Å². The van der Waals surface area contributed by atoms with Crippen molar-refractivity contribution in [3.8, 4) is 0 Å². The van der Waals surface area contributed by atoms with Gasteiger partial charge in [-0.3, -0.25) is 9.78 Å². The van der Waals surface area contributed by atoms with Crippen LogP contribution in [0, 0.1) is 5.92 Å². The fraction of sp³-hybridized carbons (Fsp3) is 0.455. The summed E-state index contributed by atoms with van der Waals surface area (Å²) in [6.45, 7) is 0.498. The summed E-state index contributed by atoms with van der Waals surface area (Å²) in [5, 5.41) is 2.95. The minimum atomic E-state index is -0.101. The molecule has 4 nitrogen and oxygen atoms in total. The minimum Gasteiger partial charge on any atom is -0.348 e. The largest absolute Gasteiger partial charge is 0.348 e. The minimum absolute atomic E-state index is 0. The van der Waals surface area contributed by atoms with Crippen LogP contribution in [0.15, 0.2) is 22.9 Å². The average Bonchev–Trinajstić information content (AvgIpc) is 3.09. The lowest BCUT2D eigenvalue weighted by molar-refractivity contribution is 0.0933. The number of pyridine rings is 1. The maximum atomic E-state index is 11.9. The van der Waals surface area contributed by atoms with Crippen LogP contribution >= 0.6 is 40.7 Å². The smallest absolute Gasteiger partial charge is 0.253 e. The van der Waals surface area contributed by atoms with E-state index in [4.69, 9.17) is 5.73 Å². The van der Waals surface area contributed by atoms with E-state index >= 15 is 0 Å². The Morgan fingerprint density at radius 2 is 2.17 bits per heavy atom. The third-order valence-electron chi connectivity index (χ3n) is 2.73. The van der Waals surface area contributed by atoms with E-state index in [0.29, 0.717) is 18.0 Å². The third-order valence-corrected chi connectivity index (χ3v) is 3.16. The molecule has 0 bridgehead atoms. The molecule has 1 aromatic rings. The molecule has 1 fully saturated rings. The van der Waals surface area contributed by atoms with Crippen molar-refractivity contribution in [3.63, 3.8) is 0 Å². The Hall–Kier alpha value is -0.360. The number of carbonyl (C=O) groups excluding carboxylic acids is 1. The van der Waals surface area contributed by atoms with Crippen LogP contribution in [0.2, 0.25) is 0 Å². The number of hydrogen-bond acceptors (Lipinski definition) is 3. The zero-order valence-corrected chi connectivity index (χ0v) is 12.9. The van der Waals surface area contributed by atoms with E-state index in [1.807, 2.05) is 0 Å². The second-order valence-corrected chi connectivity index (χ2v) is 4.96. The van der Waals surface area contributed by atoms with Crippen molar-refractivity contribution in [3.05, 3.63) is 28.5 Å². The second-order valence-electron chi connectivity index (χ2n) is 4.04. The van der Waals surface area contributed by atoms with E-state index in [-0.39, 0.29) is 36.8 Å². The van der Waals surface area contributed by atoms with Crippen LogP contribution in [-0.4, -0.2) is 23.5 Å². The SMILES string of the molecule is Cl.Cl.NCC(NC(=O)c1cncc(Br)c1)C1CC1. The Balaban J connectivity index is 0.00000144. The Kier molecular flexibility index (Phi) is 7.78. The van der Waals surface area contributed by atoms with Crippen molar-refractivity contribution < 1.29 is 4.79 Å². The number of nitrogens with two attached hydrogens (primary N) is 1. The molecule has 1 amide bonds. The molecule has 0 spiro atoms. The van der Waals surface area contributed by atoms with Gasteiger partial charge in [-0.1, -0.05) is 0 Å². The highest BCUT2D eigenvalue weighted by atomic mass is 79.9. The summed E-state index contributed by atoms with van der Waals surface area (Å²) in [5.41, 5.74) is 6.19. The maximum Gasteiger partial charge on any atom is 0.253 e. The first-order valence-electron chi connectivity index (χ1n) is 5.32. The molecular weight excluding hydrogens is 341 g/mol. The Morgan fingerprint density at radius 3 is 2.67 bits per heavy atom. The molecule has 1 aliphatic carbocycles. The maximum absolute atomic E-state index is 11.9. The van der Waals surface area contributed by atoms with Gasteiger partial charge in [-0.15, -0.1) is 24.8 Å².